The van der Waals surface area contributed by atoms with Crippen LogP contribution in [0.25, 0.3) is 0 Å². The number of nitrogen functional groups attached to an aromatic ring is 1. The van der Waals surface area contributed by atoms with Gasteiger partial charge in [-0.2, -0.15) is 28.2 Å². The number of ether oxygens (including phenoxy) is 2. The molecule has 50 heavy (non-hydrogen) atoms. The number of fused-ring (bicyclic) bond motifs is 3. The van der Waals surface area contributed by atoms with Crippen LogP contribution < -0.4 is 15.4 Å². The minimum atomic E-state index is -4.86. The molecule has 0 bridgehead atoms. The van der Waals surface area contributed by atoms with Gasteiger partial charge >= 0.3 is 12.2 Å². The van der Waals surface area contributed by atoms with Crippen LogP contribution in [-0.4, -0.2) is 86.5 Å². The van der Waals surface area contributed by atoms with Crippen LogP contribution in [0.2, 0.25) is 5.02 Å². The lowest BCUT2D eigenvalue weighted by Crippen LogP contribution is -2.43. The zero-order valence-corrected chi connectivity index (χ0v) is 27.9. The van der Waals surface area contributed by atoms with Crippen molar-refractivity contribution in [2.24, 2.45) is 0 Å². The Bertz CT molecular complexity index is 1840. The van der Waals surface area contributed by atoms with Crippen molar-refractivity contribution in [2.45, 2.75) is 82.2 Å². The molecule has 0 spiro atoms. The summed E-state index contributed by atoms with van der Waals surface area (Å²) in [6.45, 7) is 3.50. The van der Waals surface area contributed by atoms with Crippen molar-refractivity contribution in [1.29, 1.82) is 0 Å². The fraction of sp³-hybridized carbons (Fsp3) is 0.576. The summed E-state index contributed by atoms with van der Waals surface area (Å²) in [6.07, 6.45) is -3.88. The first-order valence-electron chi connectivity index (χ1n) is 16.9. The van der Waals surface area contributed by atoms with Crippen LogP contribution in [0.3, 0.4) is 0 Å². The number of carbonyl (C=O) groups excluding carboxylic acids is 1. The third kappa shape index (κ3) is 5.72. The van der Waals surface area contributed by atoms with Gasteiger partial charge in [-0.15, -0.1) is 0 Å². The minimum Gasteiger partial charge on any atom is -0.461 e. The Hall–Kier alpha value is -3.76. The predicted octanol–water partition coefficient (Wildman–Crippen LogP) is 5.09. The SMILES string of the molecule is Nc1ccc(C(F)(F)F)c([C@@H]2Cc3nc(OC[C@@]45CCCN4C[C@H](F)C5)nc(N4CCCn5nc(C(=O)N6CCC6)c(Cl)c5C4)c3CO2)c1F. The molecule has 3 fully saturated rings. The molecule has 5 aliphatic rings. The van der Waals surface area contributed by atoms with Crippen molar-refractivity contribution < 1.29 is 36.2 Å². The standard InChI is InChI=1S/C33H36ClF5N8O3/c34-26-23-15-45(9-3-11-47(23)43-28(26)30(48)44-7-2-8-44)29-19-16-49-24(25-20(33(37,38)39)4-5-21(40)27(25)36)12-22(19)41-31(42-29)50-17-32-6-1-10-46(32)14-18(35)13-32/h4-5,18,24H,1-3,6-17,40H2/t18-,24+,32+/m1/s1. The summed E-state index contributed by atoms with van der Waals surface area (Å²) in [7, 11) is 0. The second-order valence-electron chi connectivity index (χ2n) is 13.8. The van der Waals surface area contributed by atoms with Gasteiger partial charge < -0.3 is 25.0 Å². The maximum atomic E-state index is 15.4. The van der Waals surface area contributed by atoms with Gasteiger partial charge in [0.2, 0.25) is 0 Å². The van der Waals surface area contributed by atoms with Crippen molar-refractivity contribution in [3.63, 3.8) is 0 Å². The van der Waals surface area contributed by atoms with E-state index < -0.39 is 46.6 Å². The number of amides is 1. The lowest BCUT2D eigenvalue weighted by atomic mass is 9.94. The van der Waals surface area contributed by atoms with Crippen molar-refractivity contribution in [2.75, 3.05) is 50.0 Å². The Morgan fingerprint density at radius 2 is 1.92 bits per heavy atom. The normalized spacial score (nSPS) is 25.2. The third-order valence-corrected chi connectivity index (χ3v) is 11.1. The molecule has 3 aromatic rings. The molecule has 0 unspecified atom stereocenters. The summed E-state index contributed by atoms with van der Waals surface area (Å²) in [4.78, 5) is 28.2. The van der Waals surface area contributed by atoms with Crippen molar-refractivity contribution in [3.05, 3.63) is 56.7 Å². The van der Waals surface area contributed by atoms with Gasteiger partial charge in [-0.05, 0) is 44.4 Å². The predicted molar refractivity (Wildman–Crippen MR) is 171 cm³/mol. The van der Waals surface area contributed by atoms with Gasteiger partial charge in [0.05, 0.1) is 52.5 Å². The van der Waals surface area contributed by atoms with Gasteiger partial charge in [0, 0.05) is 56.7 Å². The topological polar surface area (TPSA) is 115 Å². The van der Waals surface area contributed by atoms with E-state index in [1.165, 1.54) is 0 Å². The molecule has 1 amide bonds. The van der Waals surface area contributed by atoms with Gasteiger partial charge in [0.25, 0.3) is 5.91 Å². The number of nitrogens with two attached hydrogens (primary N) is 1. The highest BCUT2D eigenvalue weighted by Crippen LogP contribution is 2.44. The quantitative estimate of drug-likeness (QED) is 0.275. The van der Waals surface area contributed by atoms with Crippen molar-refractivity contribution >= 4 is 29.0 Å². The Kier molecular flexibility index (Phi) is 8.33. The smallest absolute Gasteiger partial charge is 0.416 e. The maximum absolute atomic E-state index is 15.4. The number of hydrogen-bond donors (Lipinski definition) is 1. The molecule has 3 saturated heterocycles. The first-order chi connectivity index (χ1) is 23.9. The number of hydrogen-bond acceptors (Lipinski definition) is 9. The van der Waals surface area contributed by atoms with E-state index in [4.69, 9.17) is 31.8 Å². The summed E-state index contributed by atoms with van der Waals surface area (Å²) in [5.74, 6) is -0.998. The van der Waals surface area contributed by atoms with E-state index in [0.717, 1.165) is 37.9 Å². The first-order valence-corrected chi connectivity index (χ1v) is 17.3. The van der Waals surface area contributed by atoms with Crippen LogP contribution in [-0.2, 0) is 37.0 Å². The summed E-state index contributed by atoms with van der Waals surface area (Å²) >= 11 is 6.80. The Morgan fingerprint density at radius 3 is 2.68 bits per heavy atom. The first kappa shape index (κ1) is 33.4. The molecular weight excluding hydrogens is 687 g/mol. The van der Waals surface area contributed by atoms with E-state index in [9.17, 15) is 22.4 Å². The summed E-state index contributed by atoms with van der Waals surface area (Å²) in [6, 6.07) is 1.62. The number of alkyl halides is 4. The van der Waals surface area contributed by atoms with E-state index in [1.807, 2.05) is 4.90 Å². The Balaban J connectivity index is 1.16. The lowest BCUT2D eigenvalue weighted by Gasteiger charge is -2.33. The Labute approximate surface area is 289 Å². The van der Waals surface area contributed by atoms with Crippen LogP contribution in [0.1, 0.15) is 76.8 Å². The number of rotatable bonds is 6. The zero-order valence-electron chi connectivity index (χ0n) is 27.1. The van der Waals surface area contributed by atoms with Crippen LogP contribution in [0.4, 0.5) is 33.5 Å². The largest absolute Gasteiger partial charge is 0.461 e. The molecule has 5 aliphatic heterocycles. The van der Waals surface area contributed by atoms with Crippen molar-refractivity contribution in [1.82, 2.24) is 29.5 Å². The molecule has 0 aliphatic carbocycles. The average molecular weight is 723 g/mol. The molecule has 11 nitrogen and oxygen atoms in total. The molecule has 268 valence electrons. The van der Waals surface area contributed by atoms with Crippen LogP contribution in [0, 0.1) is 5.82 Å². The molecule has 7 heterocycles. The highest BCUT2D eigenvalue weighted by atomic mass is 35.5. The number of anilines is 2. The van der Waals surface area contributed by atoms with E-state index >= 15 is 4.39 Å². The summed E-state index contributed by atoms with van der Waals surface area (Å²) in [5, 5.41) is 4.81. The lowest BCUT2D eigenvalue weighted by molar-refractivity contribution is -0.140. The molecule has 1 aromatic carbocycles. The van der Waals surface area contributed by atoms with E-state index in [1.54, 1.807) is 9.58 Å². The highest BCUT2D eigenvalue weighted by Gasteiger charge is 2.49. The van der Waals surface area contributed by atoms with E-state index in [2.05, 4.69) is 15.0 Å². The molecule has 3 atom stereocenters. The molecule has 17 heteroatoms. The van der Waals surface area contributed by atoms with Gasteiger partial charge in [0.15, 0.2) is 11.5 Å². The highest BCUT2D eigenvalue weighted by molar-refractivity contribution is 6.34. The number of carbonyl (C=O) groups is 1. The van der Waals surface area contributed by atoms with E-state index in [-0.39, 0.29) is 48.8 Å². The molecule has 0 radical (unpaired) electrons. The average Bonchev–Trinajstić information content (AvgIpc) is 3.61. The summed E-state index contributed by atoms with van der Waals surface area (Å²) in [5.41, 5.74) is 4.59. The number of aryl methyl sites for hydroxylation is 1. The second-order valence-corrected chi connectivity index (χ2v) is 14.2. The fourth-order valence-corrected chi connectivity index (χ4v) is 8.31. The van der Waals surface area contributed by atoms with Crippen LogP contribution >= 0.6 is 11.6 Å². The van der Waals surface area contributed by atoms with Gasteiger partial charge in [0.1, 0.15) is 18.6 Å². The zero-order chi connectivity index (χ0) is 34.9. The van der Waals surface area contributed by atoms with Crippen molar-refractivity contribution in [3.8, 4) is 6.01 Å². The minimum absolute atomic E-state index is 0.0236. The monoisotopic (exact) mass is 722 g/mol. The summed E-state index contributed by atoms with van der Waals surface area (Å²) < 4.78 is 86.1. The molecule has 0 saturated carbocycles. The number of likely N-dealkylation sites (tertiary alicyclic amines) is 1. The van der Waals surface area contributed by atoms with Gasteiger partial charge in [-0.1, -0.05) is 11.6 Å². The number of nitrogens with zero attached hydrogens (tertiary/aromatic N) is 7. The van der Waals surface area contributed by atoms with Crippen LogP contribution in [0.15, 0.2) is 12.1 Å². The van der Waals surface area contributed by atoms with Gasteiger partial charge in [-0.25, -0.2) is 8.78 Å². The number of halogens is 6. The third-order valence-electron chi connectivity index (χ3n) is 10.7. The molecular formula is C33H36ClF5N8O3. The maximum Gasteiger partial charge on any atom is 0.416 e. The molecule has 8 rings (SSSR count). The number of aromatic nitrogens is 4. The Morgan fingerprint density at radius 1 is 1.12 bits per heavy atom. The van der Waals surface area contributed by atoms with Gasteiger partial charge in [-0.3, -0.25) is 14.4 Å². The molecule has 2 aromatic heterocycles. The molecule has 2 N–H and O–H groups in total. The van der Waals surface area contributed by atoms with Crippen LogP contribution in [0.5, 0.6) is 6.01 Å². The van der Waals surface area contributed by atoms with E-state index in [0.29, 0.717) is 68.3 Å². The number of benzene rings is 1. The fourth-order valence-electron chi connectivity index (χ4n) is 8.03. The second kappa shape index (κ2) is 12.5.